The van der Waals surface area contributed by atoms with E-state index in [1.54, 1.807) is 0 Å². The Balaban J connectivity index is 2.30. The van der Waals surface area contributed by atoms with Crippen LogP contribution in [0.2, 0.25) is 5.02 Å². The molecule has 0 saturated heterocycles. The van der Waals surface area contributed by atoms with Gasteiger partial charge in [-0.1, -0.05) is 48.5 Å². The van der Waals surface area contributed by atoms with Crippen LogP contribution in [0.3, 0.4) is 0 Å². The van der Waals surface area contributed by atoms with Crippen molar-refractivity contribution in [3.63, 3.8) is 0 Å². The van der Waals surface area contributed by atoms with Gasteiger partial charge in [-0.2, -0.15) is 0 Å². The molecule has 0 unspecified atom stereocenters. The van der Waals surface area contributed by atoms with Crippen LogP contribution in [0, 0.1) is 13.8 Å². The molecule has 2 aromatic rings. The van der Waals surface area contributed by atoms with Crippen molar-refractivity contribution in [3.05, 3.63) is 46.2 Å². The van der Waals surface area contributed by atoms with Crippen LogP contribution in [0.25, 0.3) is 0 Å². The molecule has 0 aliphatic rings. The topological polar surface area (TPSA) is 54.9 Å². The molecule has 110 valence electrons. The third kappa shape index (κ3) is 3.74. The highest BCUT2D eigenvalue weighted by Gasteiger charge is 2.16. The van der Waals surface area contributed by atoms with Gasteiger partial charge in [-0.05, 0) is 30.7 Å². The van der Waals surface area contributed by atoms with Crippen molar-refractivity contribution in [2.45, 2.75) is 25.9 Å². The van der Waals surface area contributed by atoms with Gasteiger partial charge >= 0.3 is 0 Å². The molecule has 21 heavy (non-hydrogen) atoms. The number of amides is 1. The Hall–Kier alpha value is -1.59. The molecule has 1 aromatic carbocycles. The number of carbonyl (C=O) groups excluding carboxylic acids is 1. The molecule has 4 nitrogen and oxygen atoms in total. The van der Waals surface area contributed by atoms with Gasteiger partial charge in [-0.25, -0.2) is 9.97 Å². The molecule has 6 heteroatoms. The van der Waals surface area contributed by atoms with E-state index in [1.165, 1.54) is 18.0 Å². The van der Waals surface area contributed by atoms with Crippen LogP contribution in [-0.2, 0) is 0 Å². The van der Waals surface area contributed by atoms with E-state index in [2.05, 4.69) is 15.3 Å². The number of hydrogen-bond acceptors (Lipinski definition) is 4. The second-order valence-corrected chi connectivity index (χ2v) is 6.14. The number of thioether (sulfide) groups is 1. The summed E-state index contributed by atoms with van der Waals surface area (Å²) in [5.74, 6) is 0.511. The number of nitrogens with zero attached hydrogens (tertiary/aromatic N) is 2. The highest BCUT2D eigenvalue weighted by Crippen LogP contribution is 2.23. The highest BCUT2D eigenvalue weighted by atomic mass is 35.5. The summed E-state index contributed by atoms with van der Waals surface area (Å²) in [6.45, 7) is 5.89. The lowest BCUT2D eigenvalue weighted by atomic mass is 10.1. The van der Waals surface area contributed by atoms with Crippen LogP contribution >= 0.6 is 23.4 Å². The van der Waals surface area contributed by atoms with Gasteiger partial charge in [0.1, 0.15) is 0 Å². The van der Waals surface area contributed by atoms with Gasteiger partial charge in [0.05, 0.1) is 11.2 Å². The quantitative estimate of drug-likeness (QED) is 0.680. The van der Waals surface area contributed by atoms with Gasteiger partial charge in [0.2, 0.25) is 0 Å². The van der Waals surface area contributed by atoms with Crippen LogP contribution in [-0.4, -0.2) is 21.6 Å². The standard InChI is InChI=1S/C15H16ClN3OS/c1-4-21-15-17-8-11(16)13(19-15)14(20)18-12-9(2)6-5-7-10(12)3/h5-8H,4H2,1-3H3,(H,18,20). The Morgan fingerprint density at radius 2 is 2.00 bits per heavy atom. The SMILES string of the molecule is CCSc1ncc(Cl)c(C(=O)Nc2c(C)cccc2C)n1. The lowest BCUT2D eigenvalue weighted by Gasteiger charge is -2.12. The molecule has 1 heterocycles. The predicted molar refractivity (Wildman–Crippen MR) is 87.3 cm³/mol. The summed E-state index contributed by atoms with van der Waals surface area (Å²) in [7, 11) is 0. The molecule has 0 atom stereocenters. The Bertz CT molecular complexity index is 656. The lowest BCUT2D eigenvalue weighted by Crippen LogP contribution is -2.16. The lowest BCUT2D eigenvalue weighted by molar-refractivity contribution is 0.102. The molecule has 0 spiro atoms. The Morgan fingerprint density at radius 3 is 2.62 bits per heavy atom. The smallest absolute Gasteiger partial charge is 0.275 e. The van der Waals surface area contributed by atoms with Gasteiger partial charge in [0.25, 0.3) is 5.91 Å². The summed E-state index contributed by atoms with van der Waals surface area (Å²) in [6, 6.07) is 5.85. The fraction of sp³-hybridized carbons (Fsp3) is 0.267. The van der Waals surface area contributed by atoms with Gasteiger partial charge in [0.15, 0.2) is 10.9 Å². The first kappa shape index (κ1) is 15.8. The van der Waals surface area contributed by atoms with Crippen LogP contribution < -0.4 is 5.32 Å². The first-order valence-corrected chi connectivity index (χ1v) is 7.92. The molecule has 0 aliphatic heterocycles. The van der Waals surface area contributed by atoms with Gasteiger partial charge < -0.3 is 5.32 Å². The van der Waals surface area contributed by atoms with Crippen molar-refractivity contribution in [1.82, 2.24) is 9.97 Å². The zero-order valence-electron chi connectivity index (χ0n) is 12.1. The fourth-order valence-corrected chi connectivity index (χ4v) is 2.61. The number of carbonyl (C=O) groups is 1. The van der Waals surface area contributed by atoms with E-state index in [0.29, 0.717) is 5.16 Å². The number of halogens is 1. The summed E-state index contributed by atoms with van der Waals surface area (Å²) < 4.78 is 0. The second kappa shape index (κ2) is 6.91. The Morgan fingerprint density at radius 1 is 1.33 bits per heavy atom. The number of anilines is 1. The van der Waals surface area contributed by atoms with Crippen molar-refractivity contribution in [3.8, 4) is 0 Å². The van der Waals surface area contributed by atoms with Gasteiger partial charge in [-0.15, -0.1) is 0 Å². The normalized spacial score (nSPS) is 10.5. The molecule has 0 saturated carbocycles. The highest BCUT2D eigenvalue weighted by molar-refractivity contribution is 7.99. The number of hydrogen-bond donors (Lipinski definition) is 1. The molecule has 2 rings (SSSR count). The predicted octanol–water partition coefficient (Wildman–Crippen LogP) is 4.11. The summed E-state index contributed by atoms with van der Waals surface area (Å²) in [6.07, 6.45) is 1.46. The van der Waals surface area contributed by atoms with E-state index in [4.69, 9.17) is 11.6 Å². The maximum absolute atomic E-state index is 12.4. The maximum atomic E-state index is 12.4. The van der Waals surface area contributed by atoms with E-state index in [9.17, 15) is 4.79 Å². The van der Waals surface area contributed by atoms with Crippen molar-refractivity contribution in [2.24, 2.45) is 0 Å². The zero-order chi connectivity index (χ0) is 15.4. The molecule has 0 radical (unpaired) electrons. The molecule has 1 aromatic heterocycles. The average molecular weight is 322 g/mol. The van der Waals surface area contributed by atoms with Crippen LogP contribution in [0.1, 0.15) is 28.5 Å². The summed E-state index contributed by atoms with van der Waals surface area (Å²) in [5, 5.41) is 3.68. The number of aromatic nitrogens is 2. The molecule has 0 bridgehead atoms. The summed E-state index contributed by atoms with van der Waals surface area (Å²) in [5.41, 5.74) is 2.99. The van der Waals surface area contributed by atoms with Gasteiger partial charge in [-0.3, -0.25) is 4.79 Å². The number of para-hydroxylation sites is 1. The number of nitrogens with one attached hydrogen (secondary N) is 1. The third-order valence-electron chi connectivity index (χ3n) is 2.93. The number of aryl methyl sites for hydroxylation is 2. The minimum Gasteiger partial charge on any atom is -0.320 e. The minimum atomic E-state index is -0.322. The molecular formula is C15H16ClN3OS. The van der Waals surface area contributed by atoms with Crippen LogP contribution in [0.5, 0.6) is 0 Å². The molecule has 0 fully saturated rings. The van der Waals surface area contributed by atoms with Crippen molar-refractivity contribution in [2.75, 3.05) is 11.1 Å². The van der Waals surface area contributed by atoms with E-state index < -0.39 is 0 Å². The molecule has 1 amide bonds. The van der Waals surface area contributed by atoms with E-state index in [-0.39, 0.29) is 16.6 Å². The Kier molecular flexibility index (Phi) is 5.20. The Labute approximate surface area is 133 Å². The fourth-order valence-electron chi connectivity index (χ4n) is 1.89. The maximum Gasteiger partial charge on any atom is 0.275 e. The molecule has 1 N–H and O–H groups in total. The molecule has 0 aliphatic carbocycles. The second-order valence-electron chi connectivity index (χ2n) is 4.50. The van der Waals surface area contributed by atoms with Crippen LogP contribution in [0.15, 0.2) is 29.6 Å². The average Bonchev–Trinajstić information content (AvgIpc) is 2.45. The van der Waals surface area contributed by atoms with E-state index in [0.717, 1.165) is 22.6 Å². The summed E-state index contributed by atoms with van der Waals surface area (Å²) in [4.78, 5) is 20.7. The monoisotopic (exact) mass is 321 g/mol. The molecular weight excluding hydrogens is 306 g/mol. The van der Waals surface area contributed by atoms with Gasteiger partial charge in [0, 0.05) is 5.69 Å². The summed E-state index contributed by atoms with van der Waals surface area (Å²) >= 11 is 7.51. The number of rotatable bonds is 4. The zero-order valence-corrected chi connectivity index (χ0v) is 13.7. The van der Waals surface area contributed by atoms with Crippen molar-refractivity contribution < 1.29 is 4.79 Å². The number of benzene rings is 1. The first-order chi connectivity index (χ1) is 10.0. The van der Waals surface area contributed by atoms with Crippen molar-refractivity contribution in [1.29, 1.82) is 0 Å². The largest absolute Gasteiger partial charge is 0.320 e. The van der Waals surface area contributed by atoms with E-state index in [1.807, 2.05) is 39.0 Å². The van der Waals surface area contributed by atoms with Crippen LogP contribution in [0.4, 0.5) is 5.69 Å². The van der Waals surface area contributed by atoms with E-state index >= 15 is 0 Å². The minimum absolute atomic E-state index is 0.199. The van der Waals surface area contributed by atoms with Crippen molar-refractivity contribution >= 4 is 35.0 Å². The first-order valence-electron chi connectivity index (χ1n) is 6.55. The third-order valence-corrected chi connectivity index (χ3v) is 3.95.